The van der Waals surface area contributed by atoms with Crippen LogP contribution in [0, 0.1) is 5.41 Å². The van der Waals surface area contributed by atoms with E-state index in [4.69, 9.17) is 24.2 Å². The third-order valence-corrected chi connectivity index (χ3v) is 8.02. The van der Waals surface area contributed by atoms with Gasteiger partial charge in [-0.15, -0.1) is 0 Å². The molecule has 0 N–H and O–H groups in total. The van der Waals surface area contributed by atoms with E-state index >= 15 is 0 Å². The fourth-order valence-electron chi connectivity index (χ4n) is 6.06. The maximum Gasteiger partial charge on any atom is 0.307 e. The van der Waals surface area contributed by atoms with Crippen LogP contribution in [-0.2, 0) is 38.5 Å². The Morgan fingerprint density at radius 1 is 0.811 bits per heavy atom. The molecule has 0 radical (unpaired) electrons. The standard InChI is InChI=1S/C31H28N2O4/c1-31(17-26(34)35-18-19-9-3-2-4-10-19,29-32-27-22-13-7-5-11-20(22)15-24(27)36-29)30-33-28-23-14-8-6-12-21(23)16-25(28)37-30/h2-14,24-25,27-28H,15-18H2,1H3/t24-,25-,27+,28+/m0/s1. The van der Waals surface area contributed by atoms with E-state index in [1.807, 2.05) is 49.4 Å². The lowest BCUT2D eigenvalue weighted by Gasteiger charge is -2.28. The molecular formula is C31H28N2O4. The van der Waals surface area contributed by atoms with E-state index in [0.29, 0.717) is 11.8 Å². The van der Waals surface area contributed by atoms with E-state index in [0.717, 1.165) is 18.4 Å². The van der Waals surface area contributed by atoms with Crippen LogP contribution in [0.5, 0.6) is 0 Å². The summed E-state index contributed by atoms with van der Waals surface area (Å²) in [6.45, 7) is 2.17. The zero-order valence-electron chi connectivity index (χ0n) is 20.7. The number of hydrogen-bond donors (Lipinski definition) is 0. The summed E-state index contributed by atoms with van der Waals surface area (Å²) in [6, 6.07) is 26.2. The van der Waals surface area contributed by atoms with Gasteiger partial charge in [-0.1, -0.05) is 78.9 Å². The first-order chi connectivity index (χ1) is 18.1. The van der Waals surface area contributed by atoms with Crippen molar-refractivity contribution in [1.82, 2.24) is 0 Å². The van der Waals surface area contributed by atoms with E-state index in [1.165, 1.54) is 22.3 Å². The Kier molecular flexibility index (Phi) is 5.17. The van der Waals surface area contributed by atoms with E-state index < -0.39 is 5.41 Å². The van der Waals surface area contributed by atoms with Crippen LogP contribution in [0.1, 0.15) is 53.2 Å². The molecule has 37 heavy (non-hydrogen) atoms. The fourth-order valence-corrected chi connectivity index (χ4v) is 6.06. The zero-order chi connectivity index (χ0) is 25.0. The lowest BCUT2D eigenvalue weighted by atomic mass is 9.85. The van der Waals surface area contributed by atoms with Crippen LogP contribution in [0.15, 0.2) is 88.8 Å². The molecule has 0 aromatic heterocycles. The maximum atomic E-state index is 13.2. The Labute approximate surface area is 216 Å². The molecule has 0 amide bonds. The third kappa shape index (κ3) is 3.74. The number of hydrogen-bond acceptors (Lipinski definition) is 6. The van der Waals surface area contributed by atoms with E-state index in [-0.39, 0.29) is 43.3 Å². The summed E-state index contributed by atoms with van der Waals surface area (Å²) in [5, 5.41) is 0. The second-order valence-electron chi connectivity index (χ2n) is 10.5. The summed E-state index contributed by atoms with van der Waals surface area (Å²) < 4.78 is 18.6. The molecule has 4 aliphatic rings. The van der Waals surface area contributed by atoms with Gasteiger partial charge in [0.1, 0.15) is 36.3 Å². The summed E-state index contributed by atoms with van der Waals surface area (Å²) in [7, 11) is 0. The van der Waals surface area contributed by atoms with Gasteiger partial charge in [0.25, 0.3) is 0 Å². The minimum Gasteiger partial charge on any atom is -0.474 e. The van der Waals surface area contributed by atoms with Crippen LogP contribution in [0.3, 0.4) is 0 Å². The number of aliphatic imine (C=N–C) groups is 2. The maximum absolute atomic E-state index is 13.2. The molecular weight excluding hydrogens is 464 g/mol. The highest BCUT2D eigenvalue weighted by atomic mass is 16.5. The van der Waals surface area contributed by atoms with Gasteiger partial charge in [-0.3, -0.25) is 4.79 Å². The molecule has 2 aliphatic carbocycles. The molecule has 0 bridgehead atoms. The second kappa shape index (κ2) is 8.58. The van der Waals surface area contributed by atoms with Crippen molar-refractivity contribution in [2.75, 3.05) is 0 Å². The van der Waals surface area contributed by atoms with Gasteiger partial charge in [0.05, 0.1) is 6.42 Å². The number of rotatable bonds is 6. The average Bonchev–Trinajstić information content (AvgIpc) is 3.67. The summed E-state index contributed by atoms with van der Waals surface area (Å²) >= 11 is 0. The lowest BCUT2D eigenvalue weighted by molar-refractivity contribution is -0.146. The molecule has 2 aliphatic heterocycles. The van der Waals surface area contributed by atoms with Crippen molar-refractivity contribution in [3.8, 4) is 0 Å². The highest BCUT2D eigenvalue weighted by Gasteiger charge is 2.53. The van der Waals surface area contributed by atoms with E-state index in [9.17, 15) is 4.79 Å². The Morgan fingerprint density at radius 2 is 1.32 bits per heavy atom. The van der Waals surface area contributed by atoms with Gasteiger partial charge in [-0.25, -0.2) is 9.98 Å². The largest absolute Gasteiger partial charge is 0.474 e. The Morgan fingerprint density at radius 3 is 1.89 bits per heavy atom. The molecule has 2 heterocycles. The van der Waals surface area contributed by atoms with Crippen molar-refractivity contribution >= 4 is 17.8 Å². The molecule has 0 saturated carbocycles. The second-order valence-corrected chi connectivity index (χ2v) is 10.5. The normalized spacial score (nSPS) is 24.7. The Bertz CT molecular complexity index is 1350. The molecule has 0 unspecified atom stereocenters. The van der Waals surface area contributed by atoms with Gasteiger partial charge >= 0.3 is 5.97 Å². The Hall–Kier alpha value is -3.93. The topological polar surface area (TPSA) is 69.5 Å². The quantitative estimate of drug-likeness (QED) is 0.437. The molecule has 3 aromatic carbocycles. The van der Waals surface area contributed by atoms with Crippen LogP contribution in [-0.4, -0.2) is 30.0 Å². The number of fused-ring (bicyclic) bond motifs is 6. The number of benzene rings is 3. The number of nitrogens with zero attached hydrogens (tertiary/aromatic N) is 2. The van der Waals surface area contributed by atoms with Crippen molar-refractivity contribution in [3.63, 3.8) is 0 Å². The highest BCUT2D eigenvalue weighted by Crippen LogP contribution is 2.47. The van der Waals surface area contributed by atoms with Gasteiger partial charge in [-0.2, -0.15) is 0 Å². The third-order valence-electron chi connectivity index (χ3n) is 8.02. The first kappa shape index (κ1) is 22.3. The average molecular weight is 493 g/mol. The van der Waals surface area contributed by atoms with Gasteiger partial charge in [0.2, 0.25) is 11.8 Å². The van der Waals surface area contributed by atoms with Crippen LogP contribution < -0.4 is 0 Å². The minimum atomic E-state index is -0.952. The van der Waals surface area contributed by atoms with Crippen molar-refractivity contribution in [3.05, 3.63) is 107 Å². The summed E-state index contributed by atoms with van der Waals surface area (Å²) in [5.41, 5.74) is 4.91. The van der Waals surface area contributed by atoms with Crippen LogP contribution >= 0.6 is 0 Å². The zero-order valence-corrected chi connectivity index (χ0v) is 20.7. The smallest absolute Gasteiger partial charge is 0.307 e. The van der Waals surface area contributed by atoms with Gasteiger partial charge in [0.15, 0.2) is 0 Å². The fraction of sp³-hybridized carbons (Fsp3) is 0.323. The first-order valence-corrected chi connectivity index (χ1v) is 12.9. The molecule has 6 nitrogen and oxygen atoms in total. The van der Waals surface area contributed by atoms with Crippen LogP contribution in [0.4, 0.5) is 0 Å². The molecule has 0 saturated heterocycles. The SMILES string of the molecule is CC(CC(=O)OCc1ccccc1)(C1=N[C@@H]2c3ccccc3C[C@@H]2O1)C1=N[C@@H]2c3ccccc3C[C@@H]2O1. The number of carbonyl (C=O) groups excluding carboxylic acids is 1. The van der Waals surface area contributed by atoms with Crippen molar-refractivity contribution < 1.29 is 19.0 Å². The predicted molar refractivity (Wildman–Crippen MR) is 139 cm³/mol. The van der Waals surface area contributed by atoms with Gasteiger partial charge in [0, 0.05) is 12.8 Å². The number of carbonyl (C=O) groups is 1. The molecule has 0 spiro atoms. The summed E-state index contributed by atoms with van der Waals surface area (Å²) in [6.07, 6.45) is 1.49. The summed E-state index contributed by atoms with van der Waals surface area (Å²) in [5.74, 6) is 0.695. The van der Waals surface area contributed by atoms with Crippen molar-refractivity contribution in [2.45, 2.75) is 57.1 Å². The van der Waals surface area contributed by atoms with Crippen molar-refractivity contribution in [1.29, 1.82) is 0 Å². The predicted octanol–water partition coefficient (Wildman–Crippen LogP) is 5.32. The first-order valence-electron chi connectivity index (χ1n) is 12.9. The number of esters is 1. The monoisotopic (exact) mass is 492 g/mol. The summed E-state index contributed by atoms with van der Waals surface area (Å²) in [4.78, 5) is 23.3. The molecule has 6 heteroatoms. The molecule has 4 atom stereocenters. The van der Waals surface area contributed by atoms with Gasteiger partial charge < -0.3 is 14.2 Å². The van der Waals surface area contributed by atoms with Crippen LogP contribution in [0.25, 0.3) is 0 Å². The Balaban J connectivity index is 1.20. The van der Waals surface area contributed by atoms with Crippen LogP contribution in [0.2, 0.25) is 0 Å². The van der Waals surface area contributed by atoms with E-state index in [1.54, 1.807) is 0 Å². The van der Waals surface area contributed by atoms with E-state index in [2.05, 4.69) is 36.4 Å². The highest BCUT2D eigenvalue weighted by molar-refractivity contribution is 6.08. The molecule has 7 rings (SSSR count). The minimum absolute atomic E-state index is 0.0413. The molecule has 0 fully saturated rings. The lowest BCUT2D eigenvalue weighted by Crippen LogP contribution is -2.41. The van der Waals surface area contributed by atoms with Gasteiger partial charge in [-0.05, 0) is 34.7 Å². The number of ether oxygens (including phenoxy) is 3. The molecule has 186 valence electrons. The van der Waals surface area contributed by atoms with Crippen molar-refractivity contribution in [2.24, 2.45) is 15.4 Å². The molecule has 3 aromatic rings.